The molecule has 0 aromatic carbocycles. The first-order valence-corrected chi connectivity index (χ1v) is 4.17. The minimum atomic E-state index is -0.503. The van der Waals surface area contributed by atoms with Gasteiger partial charge in [-0.2, -0.15) is 5.06 Å². The molecule has 1 aliphatic rings. The van der Waals surface area contributed by atoms with Gasteiger partial charge in [0.1, 0.15) is 0 Å². The molecule has 1 heterocycles. The average molecular weight is 173 g/mol. The molecular weight excluding hydrogens is 156 g/mol. The predicted octanol–water partition coefficient (Wildman–Crippen LogP) is 0.896. The number of hydrogen-bond donors (Lipinski definition) is 1. The maximum absolute atomic E-state index is 11.7. The van der Waals surface area contributed by atoms with E-state index in [2.05, 4.69) is 0 Å². The summed E-state index contributed by atoms with van der Waals surface area (Å²) in [5.41, 5.74) is -1.01. The zero-order valence-electron chi connectivity index (χ0n) is 8.16. The zero-order valence-corrected chi connectivity index (χ0v) is 8.16. The molecule has 1 N–H and O–H groups in total. The summed E-state index contributed by atoms with van der Waals surface area (Å²) >= 11 is 0. The molecule has 12 heavy (non-hydrogen) atoms. The molecule has 0 aromatic heterocycles. The Bertz CT molecular complexity index is 162. The van der Waals surface area contributed by atoms with Crippen molar-refractivity contribution in [3.63, 3.8) is 0 Å². The summed E-state index contributed by atoms with van der Waals surface area (Å²) in [7, 11) is 0. The van der Waals surface area contributed by atoms with Gasteiger partial charge in [0.15, 0.2) is 0 Å². The second kappa shape index (κ2) is 2.67. The van der Waals surface area contributed by atoms with E-state index >= 15 is 0 Å². The highest BCUT2D eigenvalue weighted by molar-refractivity contribution is 4.94. The summed E-state index contributed by atoms with van der Waals surface area (Å²) in [6.45, 7) is 8.16. The van der Waals surface area contributed by atoms with Crippen LogP contribution in [0.5, 0.6) is 0 Å². The molecule has 0 bridgehead atoms. The molecule has 0 atom stereocenters. The summed E-state index contributed by atoms with van der Waals surface area (Å²) in [5.74, 6) is 0. The molecule has 71 valence electrons. The molecule has 1 aliphatic heterocycles. The van der Waals surface area contributed by atoms with Crippen LogP contribution in [0.1, 0.15) is 27.7 Å². The second-order valence-electron chi connectivity index (χ2n) is 4.74. The lowest BCUT2D eigenvalue weighted by Crippen LogP contribution is -2.66. The van der Waals surface area contributed by atoms with E-state index in [9.17, 15) is 10.4 Å². The van der Waals surface area contributed by atoms with Crippen LogP contribution in [0.3, 0.4) is 0 Å². The standard InChI is InChI=1S/C8H17N2O2/c1-7(2)5-9(11)6-8(3,4)10(7)12/h11H,5-6H2,1-4H3. The second-order valence-corrected chi connectivity index (χ2v) is 4.74. The number of nitrogens with zero attached hydrogens (tertiary/aromatic N) is 2. The van der Waals surface area contributed by atoms with Gasteiger partial charge in [-0.15, -0.1) is 10.3 Å². The van der Waals surface area contributed by atoms with Crippen LogP contribution in [0.25, 0.3) is 0 Å². The van der Waals surface area contributed by atoms with Crippen molar-refractivity contribution in [2.75, 3.05) is 13.1 Å². The minimum Gasteiger partial charge on any atom is -0.314 e. The summed E-state index contributed by atoms with van der Waals surface area (Å²) < 4.78 is 0. The van der Waals surface area contributed by atoms with Crippen LogP contribution in [0, 0.1) is 0 Å². The summed E-state index contributed by atoms with van der Waals surface area (Å²) in [6, 6.07) is 0. The van der Waals surface area contributed by atoms with Gasteiger partial charge in [-0.3, -0.25) is 0 Å². The summed E-state index contributed by atoms with van der Waals surface area (Å²) in [4.78, 5) is 0. The molecule has 1 radical (unpaired) electrons. The highest BCUT2D eigenvalue weighted by Gasteiger charge is 2.45. The van der Waals surface area contributed by atoms with Gasteiger partial charge in [-0.25, -0.2) is 0 Å². The van der Waals surface area contributed by atoms with E-state index in [-0.39, 0.29) is 0 Å². The quantitative estimate of drug-likeness (QED) is 0.592. The van der Waals surface area contributed by atoms with Crippen molar-refractivity contribution in [3.05, 3.63) is 0 Å². The van der Waals surface area contributed by atoms with Crippen molar-refractivity contribution in [2.45, 2.75) is 38.8 Å². The maximum atomic E-state index is 11.7. The van der Waals surface area contributed by atoms with Crippen LogP contribution in [-0.2, 0) is 5.21 Å². The molecular formula is C8H17N2O2. The Morgan fingerprint density at radius 3 is 1.75 bits per heavy atom. The molecule has 0 spiro atoms. The van der Waals surface area contributed by atoms with Crippen LogP contribution in [-0.4, -0.2) is 39.5 Å². The first-order chi connectivity index (χ1) is 5.26. The molecule has 0 aliphatic carbocycles. The predicted molar refractivity (Wildman–Crippen MR) is 44.0 cm³/mol. The molecule has 1 rings (SSSR count). The Hall–Kier alpha value is -0.160. The third-order valence-electron chi connectivity index (χ3n) is 2.24. The van der Waals surface area contributed by atoms with E-state index in [1.807, 2.05) is 27.7 Å². The summed E-state index contributed by atoms with van der Waals surface area (Å²) in [5, 5.41) is 23.4. The van der Waals surface area contributed by atoms with Crippen molar-refractivity contribution in [2.24, 2.45) is 0 Å². The number of hydrogen-bond acceptors (Lipinski definition) is 3. The van der Waals surface area contributed by atoms with Crippen LogP contribution >= 0.6 is 0 Å². The molecule has 4 heteroatoms. The minimum absolute atomic E-state index is 0.403. The third-order valence-corrected chi connectivity index (χ3v) is 2.24. The maximum Gasteiger partial charge on any atom is 0.0594 e. The Morgan fingerprint density at radius 1 is 1.08 bits per heavy atom. The van der Waals surface area contributed by atoms with E-state index in [0.29, 0.717) is 13.1 Å². The van der Waals surface area contributed by atoms with Crippen molar-refractivity contribution in [3.8, 4) is 0 Å². The molecule has 0 aromatic rings. The van der Waals surface area contributed by atoms with Gasteiger partial charge in [-0.1, -0.05) is 0 Å². The Balaban J connectivity index is 2.84. The van der Waals surface area contributed by atoms with Crippen LogP contribution < -0.4 is 0 Å². The highest BCUT2D eigenvalue weighted by atomic mass is 16.5. The fourth-order valence-electron chi connectivity index (χ4n) is 1.90. The molecule has 1 fully saturated rings. The van der Waals surface area contributed by atoms with Crippen molar-refractivity contribution in [1.82, 2.24) is 10.1 Å². The molecule has 0 saturated carbocycles. The number of rotatable bonds is 0. The lowest BCUT2D eigenvalue weighted by Gasteiger charge is -2.49. The molecule has 0 unspecified atom stereocenters. The largest absolute Gasteiger partial charge is 0.314 e. The molecule has 1 saturated heterocycles. The van der Waals surface area contributed by atoms with E-state index in [0.717, 1.165) is 5.06 Å². The Morgan fingerprint density at radius 2 is 1.42 bits per heavy atom. The van der Waals surface area contributed by atoms with Gasteiger partial charge in [-0.05, 0) is 27.7 Å². The van der Waals surface area contributed by atoms with Gasteiger partial charge < -0.3 is 5.21 Å². The zero-order chi connectivity index (χ0) is 9.57. The van der Waals surface area contributed by atoms with Gasteiger partial charge >= 0.3 is 0 Å². The fraction of sp³-hybridized carbons (Fsp3) is 1.00. The molecule has 0 amide bonds. The average Bonchev–Trinajstić information content (AvgIpc) is 1.80. The van der Waals surface area contributed by atoms with Crippen LogP contribution in [0.15, 0.2) is 0 Å². The number of piperazine rings is 1. The topological polar surface area (TPSA) is 46.6 Å². The Labute approximate surface area is 73.3 Å². The van der Waals surface area contributed by atoms with Gasteiger partial charge in [0.25, 0.3) is 0 Å². The summed E-state index contributed by atoms with van der Waals surface area (Å²) in [6.07, 6.45) is 0. The van der Waals surface area contributed by atoms with Gasteiger partial charge in [0.05, 0.1) is 11.1 Å². The Kier molecular flexibility index (Phi) is 2.21. The van der Waals surface area contributed by atoms with Crippen LogP contribution in [0.2, 0.25) is 0 Å². The lowest BCUT2D eigenvalue weighted by molar-refractivity contribution is -0.325. The van der Waals surface area contributed by atoms with E-state index in [1.165, 1.54) is 5.06 Å². The first kappa shape index (κ1) is 9.92. The van der Waals surface area contributed by atoms with Gasteiger partial charge in [0, 0.05) is 13.1 Å². The highest BCUT2D eigenvalue weighted by Crippen LogP contribution is 2.29. The SMILES string of the molecule is CC1(C)CN(O)CC(C)(C)N1[O]. The van der Waals surface area contributed by atoms with Gasteiger partial charge in [0.2, 0.25) is 0 Å². The van der Waals surface area contributed by atoms with E-state index in [4.69, 9.17) is 0 Å². The van der Waals surface area contributed by atoms with E-state index in [1.54, 1.807) is 0 Å². The van der Waals surface area contributed by atoms with Crippen molar-refractivity contribution >= 4 is 0 Å². The van der Waals surface area contributed by atoms with Crippen molar-refractivity contribution in [1.29, 1.82) is 0 Å². The normalized spacial score (nSPS) is 30.5. The lowest BCUT2D eigenvalue weighted by atomic mass is 9.92. The fourth-order valence-corrected chi connectivity index (χ4v) is 1.90. The monoisotopic (exact) mass is 173 g/mol. The van der Waals surface area contributed by atoms with Crippen LogP contribution in [0.4, 0.5) is 0 Å². The number of hydroxylamine groups is 4. The van der Waals surface area contributed by atoms with E-state index < -0.39 is 11.1 Å². The first-order valence-electron chi connectivity index (χ1n) is 4.17. The third kappa shape index (κ3) is 1.61. The molecule has 4 nitrogen and oxygen atoms in total. The smallest absolute Gasteiger partial charge is 0.0594 e. The van der Waals surface area contributed by atoms with Crippen molar-refractivity contribution < 1.29 is 10.4 Å².